The van der Waals surface area contributed by atoms with E-state index in [1.807, 2.05) is 6.07 Å². The first kappa shape index (κ1) is 12.4. The molecule has 0 saturated heterocycles. The van der Waals surface area contributed by atoms with Crippen molar-refractivity contribution in [3.8, 4) is 0 Å². The van der Waals surface area contributed by atoms with Crippen molar-refractivity contribution in [3.63, 3.8) is 0 Å². The minimum atomic E-state index is 0.259. The number of hydrogen-bond acceptors (Lipinski definition) is 3. The lowest BCUT2D eigenvalue weighted by molar-refractivity contribution is 0.370. The fourth-order valence-electron chi connectivity index (χ4n) is 1.52. The van der Waals surface area contributed by atoms with Gasteiger partial charge >= 0.3 is 0 Å². The Balaban J connectivity index is 2.71. The molecule has 4 heteroatoms. The topological polar surface area (TPSA) is 50.9 Å². The van der Waals surface area contributed by atoms with Gasteiger partial charge in [0, 0.05) is 18.4 Å². The van der Waals surface area contributed by atoms with Crippen LogP contribution in [0, 0.1) is 5.92 Å². The van der Waals surface area contributed by atoms with E-state index in [9.17, 15) is 0 Å². The molecule has 0 aliphatic carbocycles. The Hall–Kier alpha value is -0.640. The van der Waals surface area contributed by atoms with Crippen molar-refractivity contribution in [1.29, 1.82) is 0 Å². The first-order chi connectivity index (χ1) is 7.19. The van der Waals surface area contributed by atoms with E-state index in [1.165, 1.54) is 0 Å². The molecule has 0 aliphatic rings. The van der Waals surface area contributed by atoms with Gasteiger partial charge in [0.15, 0.2) is 0 Å². The minimum Gasteiger partial charge on any atom is -0.271 e. The van der Waals surface area contributed by atoms with Gasteiger partial charge in [0.1, 0.15) is 0 Å². The first-order valence-corrected chi connectivity index (χ1v) is 5.61. The molecule has 0 fully saturated rings. The van der Waals surface area contributed by atoms with Crippen molar-refractivity contribution in [2.24, 2.45) is 11.8 Å². The van der Waals surface area contributed by atoms with E-state index in [2.05, 4.69) is 24.3 Å². The Morgan fingerprint density at radius 2 is 2.33 bits per heavy atom. The van der Waals surface area contributed by atoms with Gasteiger partial charge in [0.25, 0.3) is 0 Å². The summed E-state index contributed by atoms with van der Waals surface area (Å²) in [5.74, 6) is 6.07. The quantitative estimate of drug-likeness (QED) is 0.599. The molecular weight excluding hydrogens is 210 g/mol. The first-order valence-electron chi connectivity index (χ1n) is 5.23. The molecule has 15 heavy (non-hydrogen) atoms. The van der Waals surface area contributed by atoms with Crippen molar-refractivity contribution in [1.82, 2.24) is 10.4 Å². The third kappa shape index (κ3) is 3.45. The summed E-state index contributed by atoms with van der Waals surface area (Å²) in [5, 5.41) is 0.709. The van der Waals surface area contributed by atoms with Crippen molar-refractivity contribution < 1.29 is 0 Å². The number of halogens is 1. The Kier molecular flexibility index (Phi) is 5.02. The number of pyridine rings is 1. The lowest BCUT2D eigenvalue weighted by Gasteiger charge is -2.22. The molecular formula is C11H18ClN3. The summed E-state index contributed by atoms with van der Waals surface area (Å²) in [7, 11) is 0. The second kappa shape index (κ2) is 6.05. The van der Waals surface area contributed by atoms with E-state index in [1.54, 1.807) is 12.4 Å². The summed E-state index contributed by atoms with van der Waals surface area (Å²) >= 11 is 6.04. The molecule has 1 aromatic heterocycles. The summed E-state index contributed by atoms with van der Waals surface area (Å²) in [4.78, 5) is 3.96. The zero-order valence-corrected chi connectivity index (χ0v) is 9.96. The molecule has 0 radical (unpaired) electrons. The van der Waals surface area contributed by atoms with Crippen molar-refractivity contribution in [2.45, 2.75) is 32.7 Å². The van der Waals surface area contributed by atoms with E-state index in [0.29, 0.717) is 10.9 Å². The smallest absolute Gasteiger partial charge is 0.0621 e. The number of hydrogen-bond donors (Lipinski definition) is 2. The van der Waals surface area contributed by atoms with E-state index >= 15 is 0 Å². The van der Waals surface area contributed by atoms with Gasteiger partial charge in [-0.2, -0.15) is 0 Å². The van der Waals surface area contributed by atoms with Crippen LogP contribution in [0.3, 0.4) is 0 Å². The molecule has 2 unspecified atom stereocenters. The number of nitrogens with zero attached hydrogens (tertiary/aromatic N) is 1. The van der Waals surface area contributed by atoms with Crippen molar-refractivity contribution >= 4 is 11.6 Å². The molecule has 1 rings (SSSR count). The molecule has 1 aromatic rings. The second-order valence-electron chi connectivity index (χ2n) is 3.83. The largest absolute Gasteiger partial charge is 0.271 e. The second-order valence-corrected chi connectivity index (χ2v) is 4.24. The molecule has 0 aromatic carbocycles. The highest BCUT2D eigenvalue weighted by molar-refractivity contribution is 6.31. The van der Waals surface area contributed by atoms with Crippen LogP contribution in [0.25, 0.3) is 0 Å². The summed E-state index contributed by atoms with van der Waals surface area (Å²) in [6.07, 6.45) is 5.36. The highest BCUT2D eigenvalue weighted by atomic mass is 35.5. The molecule has 3 nitrogen and oxygen atoms in total. The molecule has 0 saturated carbocycles. The third-order valence-electron chi connectivity index (χ3n) is 2.84. The average Bonchev–Trinajstić information content (AvgIpc) is 2.27. The number of aromatic nitrogens is 1. The monoisotopic (exact) mass is 227 g/mol. The zero-order valence-electron chi connectivity index (χ0n) is 9.20. The third-order valence-corrected chi connectivity index (χ3v) is 3.18. The van der Waals surface area contributed by atoms with Crippen LogP contribution in [-0.2, 0) is 6.42 Å². The van der Waals surface area contributed by atoms with Crippen molar-refractivity contribution in [2.75, 3.05) is 0 Å². The Bertz CT molecular complexity index is 304. The zero-order chi connectivity index (χ0) is 11.3. The van der Waals surface area contributed by atoms with Crippen LogP contribution in [0.4, 0.5) is 0 Å². The molecule has 84 valence electrons. The predicted molar refractivity (Wildman–Crippen MR) is 63.5 cm³/mol. The standard InChI is InChI=1S/C11H18ClN3/c1-3-8(2)11(15-13)6-9-4-5-14-7-10(9)12/h4-5,7-8,11,15H,3,6,13H2,1-2H3. The maximum atomic E-state index is 6.04. The van der Waals surface area contributed by atoms with Crippen LogP contribution in [0.5, 0.6) is 0 Å². The number of rotatable bonds is 5. The summed E-state index contributed by atoms with van der Waals surface area (Å²) < 4.78 is 0. The molecule has 2 atom stereocenters. The van der Waals surface area contributed by atoms with Crippen molar-refractivity contribution in [3.05, 3.63) is 29.0 Å². The highest BCUT2D eigenvalue weighted by Gasteiger charge is 2.15. The maximum Gasteiger partial charge on any atom is 0.0621 e. The SMILES string of the molecule is CCC(C)C(Cc1ccncc1Cl)NN. The van der Waals surface area contributed by atoms with E-state index in [-0.39, 0.29) is 6.04 Å². The summed E-state index contributed by atoms with van der Waals surface area (Å²) in [6, 6.07) is 2.20. The molecule has 0 amide bonds. The van der Waals surface area contributed by atoms with Gasteiger partial charge in [-0.1, -0.05) is 31.9 Å². The highest BCUT2D eigenvalue weighted by Crippen LogP contribution is 2.18. The molecule has 3 N–H and O–H groups in total. The van der Waals surface area contributed by atoms with Crippen LogP contribution < -0.4 is 11.3 Å². The van der Waals surface area contributed by atoms with Gasteiger partial charge in [0.05, 0.1) is 5.02 Å². The van der Waals surface area contributed by atoms with Crippen LogP contribution in [0.2, 0.25) is 5.02 Å². The normalized spacial score (nSPS) is 14.9. The van der Waals surface area contributed by atoms with Gasteiger partial charge in [-0.05, 0) is 24.0 Å². The van der Waals surface area contributed by atoms with E-state index in [4.69, 9.17) is 17.4 Å². The Morgan fingerprint density at radius 1 is 1.60 bits per heavy atom. The van der Waals surface area contributed by atoms with Gasteiger partial charge < -0.3 is 0 Å². The van der Waals surface area contributed by atoms with Gasteiger partial charge in [0.2, 0.25) is 0 Å². The summed E-state index contributed by atoms with van der Waals surface area (Å²) in [6.45, 7) is 4.34. The molecule has 0 aliphatic heterocycles. The molecule has 0 bridgehead atoms. The van der Waals surface area contributed by atoms with Crippen LogP contribution >= 0.6 is 11.6 Å². The van der Waals surface area contributed by atoms with Crippen LogP contribution in [0.15, 0.2) is 18.5 Å². The van der Waals surface area contributed by atoms with Gasteiger partial charge in [-0.25, -0.2) is 0 Å². The molecule has 0 spiro atoms. The number of nitrogens with one attached hydrogen (secondary N) is 1. The van der Waals surface area contributed by atoms with Gasteiger partial charge in [-0.3, -0.25) is 16.3 Å². The van der Waals surface area contributed by atoms with Crippen LogP contribution in [0.1, 0.15) is 25.8 Å². The lowest BCUT2D eigenvalue weighted by Crippen LogP contribution is -2.41. The average molecular weight is 228 g/mol. The lowest BCUT2D eigenvalue weighted by atomic mass is 9.94. The number of nitrogens with two attached hydrogens (primary N) is 1. The molecule has 1 heterocycles. The van der Waals surface area contributed by atoms with E-state index < -0.39 is 0 Å². The number of hydrazine groups is 1. The minimum absolute atomic E-state index is 0.259. The Morgan fingerprint density at radius 3 is 2.87 bits per heavy atom. The maximum absolute atomic E-state index is 6.04. The summed E-state index contributed by atoms with van der Waals surface area (Å²) in [5.41, 5.74) is 3.94. The fourth-order valence-corrected chi connectivity index (χ4v) is 1.71. The van der Waals surface area contributed by atoms with E-state index in [0.717, 1.165) is 18.4 Å². The Labute approximate surface area is 96.0 Å². The van der Waals surface area contributed by atoms with Gasteiger partial charge in [-0.15, -0.1) is 0 Å². The van der Waals surface area contributed by atoms with Crippen LogP contribution in [-0.4, -0.2) is 11.0 Å². The predicted octanol–water partition coefficient (Wildman–Crippen LogP) is 2.16. The fraction of sp³-hybridized carbons (Fsp3) is 0.545.